The zero-order valence-corrected chi connectivity index (χ0v) is 16.8. The number of fused-ring (bicyclic) bond motifs is 1. The molecule has 0 unspecified atom stereocenters. The second kappa shape index (κ2) is 7.64. The van der Waals surface area contributed by atoms with Gasteiger partial charge in [0.15, 0.2) is 0 Å². The van der Waals surface area contributed by atoms with E-state index in [1.165, 1.54) is 5.01 Å². The van der Waals surface area contributed by atoms with E-state index in [4.69, 9.17) is 4.74 Å². The van der Waals surface area contributed by atoms with E-state index in [0.29, 0.717) is 23.8 Å². The number of imidazole rings is 1. The van der Waals surface area contributed by atoms with Crippen molar-refractivity contribution in [2.24, 2.45) is 11.8 Å². The summed E-state index contributed by atoms with van der Waals surface area (Å²) < 4.78 is 8.71. The molecule has 0 radical (unpaired) electrons. The molecule has 3 aromatic heterocycles. The first-order chi connectivity index (χ1) is 13.8. The van der Waals surface area contributed by atoms with Gasteiger partial charge < -0.3 is 9.30 Å². The molecule has 1 saturated heterocycles. The standard InChI is InChI=1S/C21H25N5OS/c1-15-22-6-8-26(15)18-10-16-12-25(14-21-24-7-9-28-21)13-17(16)11-19(18)27-20-4-2-3-5-23-20/h2-9,16-19H,10-14H2,1H3/t16-,17+,18-,19-/m0/s1. The highest BCUT2D eigenvalue weighted by molar-refractivity contribution is 7.09. The van der Waals surface area contributed by atoms with Gasteiger partial charge in [-0.3, -0.25) is 4.90 Å². The zero-order chi connectivity index (χ0) is 18.9. The van der Waals surface area contributed by atoms with Gasteiger partial charge in [0.05, 0.1) is 12.6 Å². The van der Waals surface area contributed by atoms with E-state index in [0.717, 1.165) is 38.3 Å². The Bertz CT molecular complexity index is 897. The Hall–Kier alpha value is -2.25. The molecule has 0 N–H and O–H groups in total. The maximum Gasteiger partial charge on any atom is 0.213 e. The van der Waals surface area contributed by atoms with Crippen LogP contribution in [0.2, 0.25) is 0 Å². The Balaban J connectivity index is 1.36. The highest BCUT2D eigenvalue weighted by Crippen LogP contribution is 2.43. The van der Waals surface area contributed by atoms with E-state index in [2.05, 4.69) is 42.9 Å². The van der Waals surface area contributed by atoms with Crippen LogP contribution in [0.4, 0.5) is 0 Å². The lowest BCUT2D eigenvalue weighted by molar-refractivity contribution is 0.0504. The highest BCUT2D eigenvalue weighted by Gasteiger charge is 2.44. The molecule has 5 rings (SSSR count). The van der Waals surface area contributed by atoms with Crippen LogP contribution in [0.25, 0.3) is 0 Å². The van der Waals surface area contributed by atoms with E-state index in [9.17, 15) is 0 Å². The van der Waals surface area contributed by atoms with Gasteiger partial charge in [-0.1, -0.05) is 6.07 Å². The van der Waals surface area contributed by atoms with Gasteiger partial charge in [0.25, 0.3) is 0 Å². The SMILES string of the molecule is Cc1nccn1[C@H]1C[C@H]2CN(Cc3nccs3)C[C@H]2C[C@@H]1Oc1ccccn1. The molecule has 28 heavy (non-hydrogen) atoms. The Labute approximate surface area is 169 Å². The van der Waals surface area contributed by atoms with Crippen LogP contribution in [0.5, 0.6) is 5.88 Å². The summed E-state index contributed by atoms with van der Waals surface area (Å²) in [6.07, 6.45) is 9.97. The number of thiazole rings is 1. The predicted molar refractivity (Wildman–Crippen MR) is 108 cm³/mol. The second-order valence-electron chi connectivity index (χ2n) is 7.88. The minimum Gasteiger partial charge on any atom is -0.472 e. The molecule has 0 amide bonds. The number of aromatic nitrogens is 4. The monoisotopic (exact) mass is 395 g/mol. The summed E-state index contributed by atoms with van der Waals surface area (Å²) >= 11 is 1.75. The van der Waals surface area contributed by atoms with E-state index < -0.39 is 0 Å². The van der Waals surface area contributed by atoms with Gasteiger partial charge in [0.1, 0.15) is 16.9 Å². The van der Waals surface area contributed by atoms with Crippen LogP contribution in [0.1, 0.15) is 29.7 Å². The number of hydrogen-bond acceptors (Lipinski definition) is 6. The van der Waals surface area contributed by atoms with Crippen molar-refractivity contribution in [2.45, 2.75) is 38.5 Å². The van der Waals surface area contributed by atoms with Crippen molar-refractivity contribution in [2.75, 3.05) is 13.1 Å². The quantitative estimate of drug-likeness (QED) is 0.661. The molecular formula is C21H25N5OS. The lowest BCUT2D eigenvalue weighted by atomic mass is 9.77. The largest absolute Gasteiger partial charge is 0.472 e. The molecule has 1 aliphatic heterocycles. The van der Waals surface area contributed by atoms with Crippen molar-refractivity contribution in [3.05, 3.63) is 59.2 Å². The molecule has 2 aliphatic rings. The maximum absolute atomic E-state index is 6.41. The highest BCUT2D eigenvalue weighted by atomic mass is 32.1. The molecule has 1 aliphatic carbocycles. The third-order valence-corrected chi connectivity index (χ3v) is 6.90. The van der Waals surface area contributed by atoms with Crippen molar-refractivity contribution >= 4 is 11.3 Å². The second-order valence-corrected chi connectivity index (χ2v) is 8.86. The minimum absolute atomic E-state index is 0.115. The molecular weight excluding hydrogens is 370 g/mol. The first-order valence-corrected chi connectivity index (χ1v) is 10.8. The van der Waals surface area contributed by atoms with Crippen molar-refractivity contribution in [3.63, 3.8) is 0 Å². The average Bonchev–Trinajstić information content (AvgIpc) is 3.43. The van der Waals surface area contributed by atoms with Gasteiger partial charge in [-0.2, -0.15) is 0 Å². The molecule has 2 fully saturated rings. The van der Waals surface area contributed by atoms with Crippen LogP contribution in [0.3, 0.4) is 0 Å². The minimum atomic E-state index is 0.115. The van der Waals surface area contributed by atoms with Gasteiger partial charge in [-0.05, 0) is 37.7 Å². The van der Waals surface area contributed by atoms with Gasteiger partial charge in [0.2, 0.25) is 5.88 Å². The van der Waals surface area contributed by atoms with Crippen molar-refractivity contribution < 1.29 is 4.74 Å². The Kier molecular flexibility index (Phi) is 4.86. The Morgan fingerprint density at radius 2 is 1.96 bits per heavy atom. The van der Waals surface area contributed by atoms with Crippen molar-refractivity contribution in [1.29, 1.82) is 0 Å². The van der Waals surface area contributed by atoms with Crippen LogP contribution in [0, 0.1) is 18.8 Å². The number of pyridine rings is 1. The maximum atomic E-state index is 6.41. The molecule has 0 spiro atoms. The summed E-state index contributed by atoms with van der Waals surface area (Å²) in [6.45, 7) is 5.31. The zero-order valence-electron chi connectivity index (χ0n) is 16.0. The van der Waals surface area contributed by atoms with Crippen LogP contribution >= 0.6 is 11.3 Å². The fraction of sp³-hybridized carbons (Fsp3) is 0.476. The number of hydrogen-bond donors (Lipinski definition) is 0. The topological polar surface area (TPSA) is 56.1 Å². The molecule has 1 saturated carbocycles. The number of aryl methyl sites for hydroxylation is 1. The number of nitrogens with zero attached hydrogens (tertiary/aromatic N) is 5. The Morgan fingerprint density at radius 1 is 1.07 bits per heavy atom. The van der Waals surface area contributed by atoms with Crippen molar-refractivity contribution in [1.82, 2.24) is 24.4 Å². The molecule has 4 heterocycles. The van der Waals surface area contributed by atoms with Crippen LogP contribution in [-0.4, -0.2) is 43.6 Å². The van der Waals surface area contributed by atoms with Crippen LogP contribution in [-0.2, 0) is 6.54 Å². The van der Waals surface area contributed by atoms with Crippen LogP contribution < -0.4 is 4.74 Å². The molecule has 3 aromatic rings. The fourth-order valence-corrected chi connectivity index (χ4v) is 5.53. The van der Waals surface area contributed by atoms with Crippen molar-refractivity contribution in [3.8, 4) is 5.88 Å². The third kappa shape index (κ3) is 3.56. The smallest absolute Gasteiger partial charge is 0.213 e. The molecule has 4 atom stereocenters. The average molecular weight is 396 g/mol. The Morgan fingerprint density at radius 3 is 2.68 bits per heavy atom. The first kappa shape index (κ1) is 17.8. The number of likely N-dealkylation sites (tertiary alicyclic amines) is 1. The number of rotatable bonds is 5. The first-order valence-electron chi connectivity index (χ1n) is 9.94. The van der Waals surface area contributed by atoms with Gasteiger partial charge in [0, 0.05) is 49.3 Å². The predicted octanol–water partition coefficient (Wildman–Crippen LogP) is 3.57. The summed E-state index contributed by atoms with van der Waals surface area (Å²) in [7, 11) is 0. The molecule has 146 valence electrons. The summed E-state index contributed by atoms with van der Waals surface area (Å²) in [6, 6.07) is 6.16. The molecule has 7 heteroatoms. The lowest BCUT2D eigenvalue weighted by Crippen LogP contribution is -2.40. The fourth-order valence-electron chi connectivity index (χ4n) is 4.87. The van der Waals surface area contributed by atoms with E-state index in [1.54, 1.807) is 17.5 Å². The molecule has 0 aromatic carbocycles. The third-order valence-electron chi connectivity index (χ3n) is 6.13. The van der Waals surface area contributed by atoms with Crippen LogP contribution in [0.15, 0.2) is 48.4 Å². The summed E-state index contributed by atoms with van der Waals surface area (Å²) in [4.78, 5) is 15.9. The summed E-state index contributed by atoms with van der Waals surface area (Å²) in [5, 5.41) is 3.27. The van der Waals surface area contributed by atoms with Gasteiger partial charge in [-0.25, -0.2) is 15.0 Å². The van der Waals surface area contributed by atoms with Gasteiger partial charge >= 0.3 is 0 Å². The van der Waals surface area contributed by atoms with E-state index in [-0.39, 0.29) is 6.10 Å². The molecule has 6 nitrogen and oxygen atoms in total. The summed E-state index contributed by atoms with van der Waals surface area (Å²) in [5.74, 6) is 3.12. The normalized spacial score (nSPS) is 27.6. The molecule has 0 bridgehead atoms. The van der Waals surface area contributed by atoms with E-state index >= 15 is 0 Å². The van der Waals surface area contributed by atoms with E-state index in [1.807, 2.05) is 30.6 Å². The van der Waals surface area contributed by atoms with Gasteiger partial charge in [-0.15, -0.1) is 11.3 Å². The number of ether oxygens (including phenoxy) is 1. The summed E-state index contributed by atoms with van der Waals surface area (Å²) in [5.41, 5.74) is 0. The lowest BCUT2D eigenvalue weighted by Gasteiger charge is -2.38.